The Kier molecular flexibility index (Phi) is 3.80. The van der Waals surface area contributed by atoms with Crippen molar-refractivity contribution in [1.82, 2.24) is 19.4 Å². The van der Waals surface area contributed by atoms with Crippen molar-refractivity contribution in [2.75, 3.05) is 0 Å². The van der Waals surface area contributed by atoms with Crippen LogP contribution in [0.5, 0.6) is 0 Å². The van der Waals surface area contributed by atoms with Gasteiger partial charge in [0.25, 0.3) is 0 Å². The zero-order valence-electron chi connectivity index (χ0n) is 10.7. The van der Waals surface area contributed by atoms with Gasteiger partial charge in [-0.1, -0.05) is 0 Å². The van der Waals surface area contributed by atoms with E-state index in [-0.39, 0.29) is 0 Å². The topological polar surface area (TPSA) is 58.6 Å². The molecule has 2 heterocycles. The maximum atomic E-state index is 8.88. The molecule has 2 aromatic rings. The number of aryl methyl sites for hydroxylation is 1. The highest BCUT2D eigenvalue weighted by atomic mass is 15.1. The van der Waals surface area contributed by atoms with E-state index in [1.54, 1.807) is 6.20 Å². The Labute approximate surface area is 107 Å². The molecule has 0 aliphatic heterocycles. The second-order valence-corrected chi connectivity index (χ2v) is 4.50. The smallest absolute Gasteiger partial charge is 0.120 e. The van der Waals surface area contributed by atoms with E-state index in [1.807, 2.05) is 41.0 Å². The fourth-order valence-corrected chi connectivity index (χ4v) is 1.91. The van der Waals surface area contributed by atoms with Gasteiger partial charge in [-0.3, -0.25) is 0 Å². The number of aromatic nitrogens is 3. The van der Waals surface area contributed by atoms with E-state index in [0.29, 0.717) is 11.7 Å². The zero-order chi connectivity index (χ0) is 13.0. The predicted molar refractivity (Wildman–Crippen MR) is 68.7 cm³/mol. The van der Waals surface area contributed by atoms with Crippen LogP contribution in [0.4, 0.5) is 0 Å². The van der Waals surface area contributed by atoms with E-state index in [0.717, 1.165) is 18.7 Å². The van der Waals surface area contributed by atoms with Crippen molar-refractivity contribution in [3.05, 3.63) is 42.2 Å². The van der Waals surface area contributed by atoms with Crippen LogP contribution < -0.4 is 5.32 Å². The highest BCUT2D eigenvalue weighted by Crippen LogP contribution is 2.06. The Balaban J connectivity index is 1.85. The lowest BCUT2D eigenvalue weighted by Crippen LogP contribution is -2.29. The molecule has 5 nitrogen and oxygen atoms in total. The van der Waals surface area contributed by atoms with E-state index in [4.69, 9.17) is 5.26 Å². The van der Waals surface area contributed by atoms with Crippen molar-refractivity contribution in [3.8, 4) is 6.07 Å². The minimum absolute atomic E-state index is 0.352. The van der Waals surface area contributed by atoms with Crippen LogP contribution in [0.1, 0.15) is 18.2 Å². The predicted octanol–water partition coefficient (Wildman–Crippen LogP) is 1.27. The van der Waals surface area contributed by atoms with Crippen molar-refractivity contribution in [1.29, 1.82) is 5.26 Å². The highest BCUT2D eigenvalue weighted by Gasteiger charge is 2.05. The molecule has 0 spiro atoms. The van der Waals surface area contributed by atoms with Gasteiger partial charge in [-0.05, 0) is 18.6 Å². The molecular weight excluding hydrogens is 226 g/mol. The molecule has 0 aliphatic carbocycles. The minimum atomic E-state index is 0.352. The quantitative estimate of drug-likeness (QED) is 0.860. The minimum Gasteiger partial charge on any atom is -0.342 e. The van der Waals surface area contributed by atoms with E-state index < -0.39 is 0 Å². The Bertz CT molecular complexity index is 532. The molecular formula is C13H17N5. The van der Waals surface area contributed by atoms with Crippen LogP contribution in [-0.4, -0.2) is 20.2 Å². The standard InChI is InChI=1S/C13H17N5/c1-11(8-18-4-3-15-10-18)16-7-12-5-13(6-14)17(2)9-12/h3-5,9-11,16H,7-8H2,1-2H3. The number of nitrogens with one attached hydrogen (secondary N) is 1. The molecule has 2 rings (SSSR count). The van der Waals surface area contributed by atoms with Crippen LogP contribution in [0.2, 0.25) is 0 Å². The molecule has 18 heavy (non-hydrogen) atoms. The molecule has 0 aliphatic rings. The average Bonchev–Trinajstić information content (AvgIpc) is 2.96. The third-order valence-electron chi connectivity index (χ3n) is 2.87. The van der Waals surface area contributed by atoms with Crippen molar-refractivity contribution in [2.24, 2.45) is 7.05 Å². The number of hydrogen-bond donors (Lipinski definition) is 1. The maximum Gasteiger partial charge on any atom is 0.120 e. The first-order valence-electron chi connectivity index (χ1n) is 5.93. The summed E-state index contributed by atoms with van der Waals surface area (Å²) in [5.41, 5.74) is 1.82. The summed E-state index contributed by atoms with van der Waals surface area (Å²) in [5.74, 6) is 0. The molecule has 0 radical (unpaired) electrons. The van der Waals surface area contributed by atoms with Gasteiger partial charge in [0.1, 0.15) is 11.8 Å². The number of hydrogen-bond acceptors (Lipinski definition) is 3. The summed E-state index contributed by atoms with van der Waals surface area (Å²) < 4.78 is 3.89. The molecule has 1 unspecified atom stereocenters. The van der Waals surface area contributed by atoms with Gasteiger partial charge < -0.3 is 14.5 Å². The van der Waals surface area contributed by atoms with Crippen molar-refractivity contribution < 1.29 is 0 Å². The molecule has 5 heteroatoms. The van der Waals surface area contributed by atoms with Crippen molar-refractivity contribution in [3.63, 3.8) is 0 Å². The third-order valence-corrected chi connectivity index (χ3v) is 2.87. The van der Waals surface area contributed by atoms with E-state index in [1.165, 1.54) is 0 Å². The first-order chi connectivity index (χ1) is 8.69. The zero-order valence-corrected chi connectivity index (χ0v) is 10.7. The number of nitrogens with zero attached hydrogens (tertiary/aromatic N) is 4. The largest absolute Gasteiger partial charge is 0.342 e. The Morgan fingerprint density at radius 2 is 2.39 bits per heavy atom. The second-order valence-electron chi connectivity index (χ2n) is 4.50. The van der Waals surface area contributed by atoms with Crippen LogP contribution in [0.3, 0.4) is 0 Å². The number of rotatable bonds is 5. The van der Waals surface area contributed by atoms with Crippen LogP contribution in [0.15, 0.2) is 31.0 Å². The third kappa shape index (κ3) is 2.99. The Morgan fingerprint density at radius 1 is 1.56 bits per heavy atom. The average molecular weight is 243 g/mol. The van der Waals surface area contributed by atoms with E-state index in [9.17, 15) is 0 Å². The summed E-state index contributed by atoms with van der Waals surface area (Å²) >= 11 is 0. The molecule has 2 aromatic heterocycles. The second kappa shape index (κ2) is 5.52. The summed E-state index contributed by atoms with van der Waals surface area (Å²) in [5, 5.41) is 12.3. The number of nitriles is 1. The van der Waals surface area contributed by atoms with Gasteiger partial charge >= 0.3 is 0 Å². The Hall–Kier alpha value is -2.06. The van der Waals surface area contributed by atoms with Gasteiger partial charge in [-0.25, -0.2) is 4.98 Å². The maximum absolute atomic E-state index is 8.88. The molecule has 0 bridgehead atoms. The first kappa shape index (κ1) is 12.4. The Morgan fingerprint density at radius 3 is 3.00 bits per heavy atom. The van der Waals surface area contributed by atoms with Crippen LogP contribution in [0, 0.1) is 11.3 Å². The van der Waals surface area contributed by atoms with Gasteiger partial charge in [-0.15, -0.1) is 0 Å². The summed E-state index contributed by atoms with van der Waals surface area (Å²) in [6.07, 6.45) is 7.53. The van der Waals surface area contributed by atoms with Gasteiger partial charge in [0.05, 0.1) is 6.33 Å². The lowest BCUT2D eigenvalue weighted by Gasteiger charge is -2.13. The molecule has 94 valence electrons. The van der Waals surface area contributed by atoms with Gasteiger partial charge in [0.15, 0.2) is 0 Å². The molecule has 1 atom stereocenters. The SMILES string of the molecule is CC(Cn1ccnc1)NCc1cc(C#N)n(C)c1. The molecule has 0 amide bonds. The molecule has 0 fully saturated rings. The molecule has 0 saturated carbocycles. The summed E-state index contributed by atoms with van der Waals surface area (Å²) in [7, 11) is 1.89. The van der Waals surface area contributed by atoms with Crippen molar-refractivity contribution in [2.45, 2.75) is 26.1 Å². The summed E-state index contributed by atoms with van der Waals surface area (Å²) in [6, 6.07) is 4.43. The van der Waals surface area contributed by atoms with Crippen LogP contribution in [-0.2, 0) is 20.1 Å². The summed E-state index contributed by atoms with van der Waals surface area (Å²) in [6.45, 7) is 3.79. The van der Waals surface area contributed by atoms with Gasteiger partial charge in [-0.2, -0.15) is 5.26 Å². The van der Waals surface area contributed by atoms with Crippen molar-refractivity contribution >= 4 is 0 Å². The van der Waals surface area contributed by atoms with Crippen LogP contribution in [0.25, 0.3) is 0 Å². The van der Waals surface area contributed by atoms with Gasteiger partial charge in [0.2, 0.25) is 0 Å². The van der Waals surface area contributed by atoms with Crippen LogP contribution >= 0.6 is 0 Å². The highest BCUT2D eigenvalue weighted by molar-refractivity contribution is 5.28. The lowest BCUT2D eigenvalue weighted by molar-refractivity contribution is 0.476. The molecule has 1 N–H and O–H groups in total. The monoisotopic (exact) mass is 243 g/mol. The normalized spacial score (nSPS) is 12.3. The lowest BCUT2D eigenvalue weighted by atomic mass is 10.2. The van der Waals surface area contributed by atoms with E-state index in [2.05, 4.69) is 23.3 Å². The fourth-order valence-electron chi connectivity index (χ4n) is 1.91. The summed E-state index contributed by atoms with van der Waals surface area (Å²) in [4.78, 5) is 4.02. The molecule has 0 aromatic carbocycles. The van der Waals surface area contributed by atoms with E-state index >= 15 is 0 Å². The molecule has 0 saturated heterocycles. The first-order valence-corrected chi connectivity index (χ1v) is 5.93. The fraction of sp³-hybridized carbons (Fsp3) is 0.385. The van der Waals surface area contributed by atoms with Gasteiger partial charge in [0, 0.05) is 44.8 Å². The number of imidazole rings is 1.